The fraction of sp³-hybridized carbons (Fsp3) is 0.588. The topological polar surface area (TPSA) is 50.5 Å². The summed E-state index contributed by atoms with van der Waals surface area (Å²) in [6.45, 7) is 7.49. The van der Waals surface area contributed by atoms with Crippen LogP contribution in [0.2, 0.25) is 0 Å². The van der Waals surface area contributed by atoms with Crippen molar-refractivity contribution in [2.45, 2.75) is 46.1 Å². The van der Waals surface area contributed by atoms with E-state index < -0.39 is 0 Å². The molecule has 0 spiro atoms. The van der Waals surface area contributed by atoms with E-state index in [1.54, 1.807) is 12.4 Å². The molecule has 3 rings (SSSR count). The molecule has 0 aliphatic carbocycles. The molecule has 0 N–H and O–H groups in total. The van der Waals surface area contributed by atoms with Crippen molar-refractivity contribution in [2.24, 2.45) is 11.8 Å². The maximum absolute atomic E-state index is 13.1. The van der Waals surface area contributed by atoms with Crippen molar-refractivity contribution in [1.29, 1.82) is 0 Å². The van der Waals surface area contributed by atoms with Gasteiger partial charge in [0.15, 0.2) is 11.3 Å². The van der Waals surface area contributed by atoms with Gasteiger partial charge in [0, 0.05) is 37.4 Å². The summed E-state index contributed by atoms with van der Waals surface area (Å²) >= 11 is 0. The van der Waals surface area contributed by atoms with Crippen molar-refractivity contribution >= 4 is 11.6 Å². The van der Waals surface area contributed by atoms with Gasteiger partial charge in [-0.25, -0.2) is 9.97 Å². The highest BCUT2D eigenvalue weighted by Crippen LogP contribution is 2.27. The molecule has 5 heteroatoms. The molecule has 0 aromatic carbocycles. The summed E-state index contributed by atoms with van der Waals surface area (Å²) in [6, 6.07) is 0.287. The number of nitrogens with zero attached hydrogens (tertiary/aromatic N) is 4. The number of carbonyl (C=O) groups is 1. The van der Waals surface area contributed by atoms with Crippen molar-refractivity contribution in [2.75, 3.05) is 6.54 Å². The second kappa shape index (κ2) is 6.07. The van der Waals surface area contributed by atoms with E-state index in [0.29, 0.717) is 23.2 Å². The predicted octanol–water partition coefficient (Wildman–Crippen LogP) is 3.02. The summed E-state index contributed by atoms with van der Waals surface area (Å²) in [7, 11) is 0. The quantitative estimate of drug-likeness (QED) is 0.856. The van der Waals surface area contributed by atoms with E-state index in [-0.39, 0.29) is 11.9 Å². The van der Waals surface area contributed by atoms with Gasteiger partial charge in [-0.1, -0.05) is 20.8 Å². The Kier molecular flexibility index (Phi) is 4.14. The highest BCUT2D eigenvalue weighted by molar-refractivity contribution is 5.98. The summed E-state index contributed by atoms with van der Waals surface area (Å²) in [4.78, 5) is 23.7. The molecule has 1 amide bonds. The molecule has 2 aromatic heterocycles. The van der Waals surface area contributed by atoms with Crippen LogP contribution in [0.25, 0.3) is 5.65 Å². The number of carbonyl (C=O) groups excluding carboxylic acids is 1. The number of rotatable bonds is 2. The van der Waals surface area contributed by atoms with Gasteiger partial charge >= 0.3 is 0 Å². The van der Waals surface area contributed by atoms with Crippen LogP contribution in [-0.2, 0) is 0 Å². The van der Waals surface area contributed by atoms with Crippen molar-refractivity contribution in [3.05, 3.63) is 30.5 Å². The molecule has 1 fully saturated rings. The molecule has 1 aliphatic rings. The van der Waals surface area contributed by atoms with Gasteiger partial charge in [0.05, 0.1) is 0 Å². The Morgan fingerprint density at radius 2 is 1.91 bits per heavy atom. The predicted molar refractivity (Wildman–Crippen MR) is 85.7 cm³/mol. The number of aromatic nitrogens is 3. The molecular formula is C17H24N4O. The molecule has 1 aliphatic heterocycles. The van der Waals surface area contributed by atoms with Crippen molar-refractivity contribution in [3.63, 3.8) is 0 Å². The van der Waals surface area contributed by atoms with Gasteiger partial charge in [0.1, 0.15) is 0 Å². The van der Waals surface area contributed by atoms with Crippen LogP contribution in [0.4, 0.5) is 0 Å². The molecule has 0 radical (unpaired) electrons. The van der Waals surface area contributed by atoms with Gasteiger partial charge in [0.25, 0.3) is 5.91 Å². The summed E-state index contributed by atoms with van der Waals surface area (Å²) in [5, 5.41) is 0. The van der Waals surface area contributed by atoms with Crippen LogP contribution in [0.3, 0.4) is 0 Å². The normalized spacial score (nSPS) is 23.0. The number of fused-ring (bicyclic) bond motifs is 1. The minimum Gasteiger partial charge on any atom is -0.334 e. The van der Waals surface area contributed by atoms with Gasteiger partial charge in [-0.3, -0.25) is 4.79 Å². The number of imidazole rings is 1. The second-order valence-corrected chi connectivity index (χ2v) is 6.72. The lowest BCUT2D eigenvalue weighted by Crippen LogP contribution is -2.43. The van der Waals surface area contributed by atoms with Gasteiger partial charge in [-0.15, -0.1) is 0 Å². The summed E-state index contributed by atoms with van der Waals surface area (Å²) < 4.78 is 1.85. The number of hydrogen-bond acceptors (Lipinski definition) is 3. The van der Waals surface area contributed by atoms with Crippen LogP contribution < -0.4 is 0 Å². The Balaban J connectivity index is 1.96. The maximum atomic E-state index is 13.1. The molecule has 3 heterocycles. The molecule has 2 aromatic rings. The molecule has 2 atom stereocenters. The average molecular weight is 300 g/mol. The zero-order valence-electron chi connectivity index (χ0n) is 13.6. The SMILES string of the molecule is CC(C)[C@H]1CC[C@H](C)CCN1C(=O)c1nccn2ccnc12. The van der Waals surface area contributed by atoms with Gasteiger partial charge in [0.2, 0.25) is 0 Å². The fourth-order valence-corrected chi connectivity index (χ4v) is 3.37. The third kappa shape index (κ3) is 2.72. The standard InChI is InChI=1S/C17H24N4O/c1-12(2)14-5-4-13(3)6-9-21(14)17(22)15-16-19-8-11-20(16)10-7-18-15/h7-8,10-14H,4-6,9H2,1-3H3/t13-,14+/m0/s1. The lowest BCUT2D eigenvalue weighted by atomic mass is 9.95. The summed E-state index contributed by atoms with van der Waals surface area (Å²) in [6.07, 6.45) is 10.4. The molecule has 22 heavy (non-hydrogen) atoms. The van der Waals surface area contributed by atoms with E-state index in [1.807, 2.05) is 21.7 Å². The molecule has 0 saturated carbocycles. The number of hydrogen-bond donors (Lipinski definition) is 0. The first kappa shape index (κ1) is 15.0. The van der Waals surface area contributed by atoms with Crippen LogP contribution in [0, 0.1) is 11.8 Å². The van der Waals surface area contributed by atoms with Crippen molar-refractivity contribution in [1.82, 2.24) is 19.3 Å². The van der Waals surface area contributed by atoms with Gasteiger partial charge in [-0.2, -0.15) is 0 Å². The number of likely N-dealkylation sites (tertiary alicyclic amines) is 1. The van der Waals surface area contributed by atoms with Crippen molar-refractivity contribution in [3.8, 4) is 0 Å². The first-order chi connectivity index (χ1) is 10.6. The molecule has 5 nitrogen and oxygen atoms in total. The zero-order valence-corrected chi connectivity index (χ0v) is 13.6. The Bertz CT molecular complexity index is 663. The highest BCUT2D eigenvalue weighted by atomic mass is 16.2. The molecular weight excluding hydrogens is 276 g/mol. The van der Waals surface area contributed by atoms with E-state index in [2.05, 4.69) is 30.7 Å². The van der Waals surface area contributed by atoms with Gasteiger partial charge in [-0.05, 0) is 31.1 Å². The Morgan fingerprint density at radius 3 is 2.64 bits per heavy atom. The van der Waals surface area contributed by atoms with Gasteiger partial charge < -0.3 is 9.30 Å². The lowest BCUT2D eigenvalue weighted by molar-refractivity contribution is 0.0626. The van der Waals surface area contributed by atoms with Crippen LogP contribution in [-0.4, -0.2) is 37.8 Å². The van der Waals surface area contributed by atoms with E-state index in [4.69, 9.17) is 0 Å². The van der Waals surface area contributed by atoms with E-state index in [1.165, 1.54) is 6.42 Å². The lowest BCUT2D eigenvalue weighted by Gasteiger charge is -2.32. The largest absolute Gasteiger partial charge is 0.334 e. The van der Waals surface area contributed by atoms with Crippen LogP contribution in [0.15, 0.2) is 24.8 Å². The number of amides is 1. The van der Waals surface area contributed by atoms with Crippen molar-refractivity contribution < 1.29 is 4.79 Å². The third-order valence-corrected chi connectivity index (χ3v) is 4.76. The minimum atomic E-state index is 0.0181. The first-order valence-electron chi connectivity index (χ1n) is 8.16. The van der Waals surface area contributed by atoms with E-state index in [0.717, 1.165) is 19.4 Å². The summed E-state index contributed by atoms with van der Waals surface area (Å²) in [5.74, 6) is 1.15. The van der Waals surface area contributed by atoms with Crippen LogP contribution in [0.5, 0.6) is 0 Å². The molecule has 1 saturated heterocycles. The zero-order chi connectivity index (χ0) is 15.7. The van der Waals surface area contributed by atoms with Crippen LogP contribution in [0.1, 0.15) is 50.5 Å². The van der Waals surface area contributed by atoms with E-state index in [9.17, 15) is 4.79 Å². The third-order valence-electron chi connectivity index (χ3n) is 4.76. The monoisotopic (exact) mass is 300 g/mol. The maximum Gasteiger partial charge on any atom is 0.276 e. The molecule has 118 valence electrons. The second-order valence-electron chi connectivity index (χ2n) is 6.72. The Hall–Kier alpha value is -1.91. The van der Waals surface area contributed by atoms with E-state index >= 15 is 0 Å². The molecule has 0 unspecified atom stereocenters. The smallest absolute Gasteiger partial charge is 0.276 e. The average Bonchev–Trinajstić information content (AvgIpc) is 2.89. The minimum absolute atomic E-state index is 0.0181. The fourth-order valence-electron chi connectivity index (χ4n) is 3.37. The molecule has 0 bridgehead atoms. The summed E-state index contributed by atoms with van der Waals surface area (Å²) in [5.41, 5.74) is 1.11. The Morgan fingerprint density at radius 1 is 1.18 bits per heavy atom. The van der Waals surface area contributed by atoms with Crippen LogP contribution >= 0.6 is 0 Å². The Labute approximate surface area is 131 Å². The first-order valence-corrected chi connectivity index (χ1v) is 8.16. The highest BCUT2D eigenvalue weighted by Gasteiger charge is 2.31.